The number of rotatable bonds is 3. The maximum absolute atomic E-state index is 9.79. The van der Waals surface area contributed by atoms with E-state index in [-0.39, 0.29) is 5.41 Å². The van der Waals surface area contributed by atoms with Crippen LogP contribution in [0.3, 0.4) is 0 Å². The Balaban J connectivity index is 1.81. The molecule has 2 heteroatoms. The summed E-state index contributed by atoms with van der Waals surface area (Å²) in [5.41, 5.74) is 1.25. The van der Waals surface area contributed by atoms with Gasteiger partial charge in [-0.25, -0.2) is 0 Å². The van der Waals surface area contributed by atoms with Crippen molar-refractivity contribution in [3.8, 4) is 6.07 Å². The van der Waals surface area contributed by atoms with Gasteiger partial charge in [0.25, 0.3) is 0 Å². The molecule has 0 N–H and O–H groups in total. The number of hydrogen-bond acceptors (Lipinski definition) is 2. The lowest BCUT2D eigenvalue weighted by Crippen LogP contribution is -2.29. The van der Waals surface area contributed by atoms with Crippen LogP contribution < -0.4 is 0 Å². The molecule has 0 radical (unpaired) electrons. The van der Waals surface area contributed by atoms with E-state index in [4.69, 9.17) is 0 Å². The summed E-state index contributed by atoms with van der Waals surface area (Å²) < 4.78 is 1.34. The van der Waals surface area contributed by atoms with Gasteiger partial charge in [0.1, 0.15) is 0 Å². The Morgan fingerprint density at radius 1 is 1.29 bits per heavy atom. The predicted molar refractivity (Wildman–Crippen MR) is 90.4 cm³/mol. The number of benzene rings is 1. The Morgan fingerprint density at radius 2 is 2.00 bits per heavy atom. The Hall–Kier alpha value is -1.33. The fourth-order valence-corrected chi connectivity index (χ4v) is 4.68. The Bertz CT molecular complexity index is 654. The highest BCUT2D eigenvalue weighted by Crippen LogP contribution is 2.44. The Morgan fingerprint density at radius 3 is 2.67 bits per heavy atom. The zero-order valence-electron chi connectivity index (χ0n) is 12.9. The molecule has 1 aromatic heterocycles. The van der Waals surface area contributed by atoms with Crippen molar-refractivity contribution in [2.24, 2.45) is 17.3 Å². The maximum atomic E-state index is 9.79. The van der Waals surface area contributed by atoms with Crippen LogP contribution in [0.25, 0.3) is 10.1 Å². The highest BCUT2D eigenvalue weighted by Gasteiger charge is 2.36. The summed E-state index contributed by atoms with van der Waals surface area (Å²) in [5, 5.41) is 13.4. The molecule has 0 unspecified atom stereocenters. The third kappa shape index (κ3) is 2.85. The van der Waals surface area contributed by atoms with Gasteiger partial charge in [-0.15, -0.1) is 11.3 Å². The third-order valence-electron chi connectivity index (χ3n) is 5.26. The molecule has 0 saturated heterocycles. The second-order valence-electron chi connectivity index (χ2n) is 6.91. The summed E-state index contributed by atoms with van der Waals surface area (Å²) >= 11 is 1.81. The molecule has 1 aromatic carbocycles. The second-order valence-corrected chi connectivity index (χ2v) is 7.82. The van der Waals surface area contributed by atoms with Crippen molar-refractivity contribution >= 4 is 21.4 Å². The van der Waals surface area contributed by atoms with Crippen molar-refractivity contribution in [1.29, 1.82) is 5.26 Å². The Kier molecular flexibility index (Phi) is 4.04. The van der Waals surface area contributed by atoms with Crippen LogP contribution in [-0.2, 0) is 6.42 Å². The molecule has 0 amide bonds. The molecule has 1 saturated carbocycles. The second kappa shape index (κ2) is 5.81. The smallest absolute Gasteiger partial charge is 0.0693 e. The van der Waals surface area contributed by atoms with Crippen molar-refractivity contribution < 1.29 is 0 Å². The van der Waals surface area contributed by atoms with Crippen molar-refractivity contribution in [3.05, 3.63) is 35.2 Å². The van der Waals surface area contributed by atoms with Crippen molar-refractivity contribution in [2.75, 3.05) is 0 Å². The first-order valence-corrected chi connectivity index (χ1v) is 8.88. The molecule has 0 bridgehead atoms. The van der Waals surface area contributed by atoms with Crippen molar-refractivity contribution in [1.82, 2.24) is 0 Å². The van der Waals surface area contributed by atoms with Crippen LogP contribution in [-0.4, -0.2) is 0 Å². The molecule has 110 valence electrons. The summed E-state index contributed by atoms with van der Waals surface area (Å²) in [6.07, 6.45) is 5.49. The largest absolute Gasteiger partial charge is 0.198 e. The first-order valence-electron chi connectivity index (χ1n) is 8.00. The molecule has 3 rings (SSSR count). The zero-order chi connectivity index (χ0) is 14.9. The van der Waals surface area contributed by atoms with Gasteiger partial charge in [0.2, 0.25) is 0 Å². The fraction of sp³-hybridized carbons (Fsp3) is 0.526. The number of thiophene rings is 1. The van der Waals surface area contributed by atoms with E-state index >= 15 is 0 Å². The van der Waals surface area contributed by atoms with Crippen molar-refractivity contribution in [3.63, 3.8) is 0 Å². The van der Waals surface area contributed by atoms with E-state index < -0.39 is 0 Å². The van der Waals surface area contributed by atoms with Gasteiger partial charge in [-0.1, -0.05) is 32.0 Å². The molecular weight excluding hydrogens is 274 g/mol. The monoisotopic (exact) mass is 297 g/mol. The lowest BCUT2D eigenvalue weighted by molar-refractivity contribution is 0.175. The number of nitriles is 1. The summed E-state index contributed by atoms with van der Waals surface area (Å²) in [4.78, 5) is 0. The first kappa shape index (κ1) is 14.6. The molecule has 1 aliphatic rings. The van der Waals surface area contributed by atoms with Gasteiger partial charge in [-0.2, -0.15) is 5.26 Å². The van der Waals surface area contributed by atoms with Crippen LogP contribution >= 0.6 is 11.3 Å². The molecule has 1 fully saturated rings. The van der Waals surface area contributed by atoms with Crippen LogP contribution in [0, 0.1) is 28.6 Å². The zero-order valence-corrected chi connectivity index (χ0v) is 13.7. The van der Waals surface area contributed by atoms with E-state index in [1.165, 1.54) is 28.5 Å². The Labute approximate surface area is 131 Å². The minimum atomic E-state index is -0.130. The SMILES string of the molecule is CC(C)C1CCC(C#N)(Cc2csc3ccccc23)CC1. The van der Waals surface area contributed by atoms with E-state index in [1.807, 2.05) is 11.3 Å². The summed E-state index contributed by atoms with van der Waals surface area (Å²) in [6, 6.07) is 11.3. The van der Waals surface area contributed by atoms with Gasteiger partial charge in [0, 0.05) is 4.70 Å². The summed E-state index contributed by atoms with van der Waals surface area (Å²) in [7, 11) is 0. The number of nitrogens with zero attached hydrogens (tertiary/aromatic N) is 1. The standard InChI is InChI=1S/C19H23NS/c1-14(2)15-7-9-19(13-20,10-8-15)11-16-12-21-18-6-4-3-5-17(16)18/h3-6,12,14-15H,7-11H2,1-2H3. The van der Waals surface area contributed by atoms with E-state index in [2.05, 4.69) is 49.6 Å². The van der Waals surface area contributed by atoms with Crippen LogP contribution in [0.15, 0.2) is 29.6 Å². The van der Waals surface area contributed by atoms with E-state index in [0.717, 1.165) is 31.1 Å². The molecule has 0 aliphatic heterocycles. The first-order chi connectivity index (χ1) is 10.1. The number of fused-ring (bicyclic) bond motifs is 1. The lowest BCUT2D eigenvalue weighted by Gasteiger charge is -2.36. The lowest BCUT2D eigenvalue weighted by atomic mass is 9.66. The highest BCUT2D eigenvalue weighted by molar-refractivity contribution is 7.17. The minimum Gasteiger partial charge on any atom is -0.198 e. The average Bonchev–Trinajstić information content (AvgIpc) is 2.91. The normalized spacial score (nSPS) is 26.1. The molecule has 21 heavy (non-hydrogen) atoms. The minimum absolute atomic E-state index is 0.130. The molecule has 1 heterocycles. The van der Waals surface area contributed by atoms with Gasteiger partial charge in [0.05, 0.1) is 11.5 Å². The molecular formula is C19H23NS. The molecule has 1 aliphatic carbocycles. The van der Waals surface area contributed by atoms with Gasteiger partial charge < -0.3 is 0 Å². The van der Waals surface area contributed by atoms with E-state index in [1.54, 1.807) is 0 Å². The summed E-state index contributed by atoms with van der Waals surface area (Å²) in [5.74, 6) is 1.56. The quantitative estimate of drug-likeness (QED) is 0.702. The topological polar surface area (TPSA) is 23.8 Å². The van der Waals surface area contributed by atoms with E-state index in [0.29, 0.717) is 0 Å². The number of hydrogen-bond donors (Lipinski definition) is 0. The molecule has 2 aromatic rings. The fourth-order valence-electron chi connectivity index (χ4n) is 3.72. The van der Waals surface area contributed by atoms with Crippen LogP contribution in [0.2, 0.25) is 0 Å². The van der Waals surface area contributed by atoms with Crippen LogP contribution in [0.5, 0.6) is 0 Å². The predicted octanol–water partition coefficient (Wildman–Crippen LogP) is 5.80. The van der Waals surface area contributed by atoms with Crippen molar-refractivity contribution in [2.45, 2.75) is 46.0 Å². The molecule has 1 nitrogen and oxygen atoms in total. The molecule has 0 atom stereocenters. The van der Waals surface area contributed by atoms with E-state index in [9.17, 15) is 5.26 Å². The summed E-state index contributed by atoms with van der Waals surface area (Å²) in [6.45, 7) is 4.63. The maximum Gasteiger partial charge on any atom is 0.0693 e. The van der Waals surface area contributed by atoms with Gasteiger partial charge in [-0.05, 0) is 66.3 Å². The average molecular weight is 297 g/mol. The molecule has 0 spiro atoms. The highest BCUT2D eigenvalue weighted by atomic mass is 32.1. The van der Waals surface area contributed by atoms with Gasteiger partial charge >= 0.3 is 0 Å². The van der Waals surface area contributed by atoms with Crippen LogP contribution in [0.4, 0.5) is 0 Å². The van der Waals surface area contributed by atoms with Crippen LogP contribution in [0.1, 0.15) is 45.1 Å². The van der Waals surface area contributed by atoms with Gasteiger partial charge in [-0.3, -0.25) is 0 Å². The third-order valence-corrected chi connectivity index (χ3v) is 6.27. The van der Waals surface area contributed by atoms with Gasteiger partial charge in [0.15, 0.2) is 0 Å².